The summed E-state index contributed by atoms with van der Waals surface area (Å²) in [6.07, 6.45) is 3.77. The summed E-state index contributed by atoms with van der Waals surface area (Å²) in [6.45, 7) is 9.31. The van der Waals surface area contributed by atoms with Crippen LogP contribution in [0.15, 0.2) is 0 Å². The molecular formula is C9H23N. The van der Waals surface area contributed by atoms with Crippen LogP contribution in [-0.4, -0.2) is 6.54 Å². The second-order valence-electron chi connectivity index (χ2n) is 2.26. The normalized spacial score (nSPS) is 9.00. The molecule has 0 fully saturated rings. The topological polar surface area (TPSA) is 26.0 Å². The zero-order valence-electron chi connectivity index (χ0n) is 7.98. The summed E-state index contributed by atoms with van der Waals surface area (Å²) in [5, 5.41) is 0. The number of nitrogens with two attached hydrogens (primary N) is 1. The number of hydrogen-bond donors (Lipinski definition) is 1. The molecule has 1 nitrogen and oxygen atoms in total. The molecule has 0 saturated heterocycles. The molecule has 0 atom stereocenters. The smallest absolute Gasteiger partial charge is 0.00746 e. The Morgan fingerprint density at radius 3 is 1.60 bits per heavy atom. The van der Waals surface area contributed by atoms with Gasteiger partial charge in [-0.2, -0.15) is 0 Å². The van der Waals surface area contributed by atoms with E-state index in [2.05, 4.69) is 13.8 Å². The van der Waals surface area contributed by atoms with Gasteiger partial charge in [-0.05, 0) is 18.9 Å². The standard InChI is InChI=1S/C7H17N.C2H6/c1-3-7(4-2)5-6-8;1-2/h7H,3-6,8H2,1-2H3;1-2H3. The van der Waals surface area contributed by atoms with Crippen molar-refractivity contribution < 1.29 is 0 Å². The van der Waals surface area contributed by atoms with Gasteiger partial charge in [-0.15, -0.1) is 0 Å². The van der Waals surface area contributed by atoms with Crippen LogP contribution in [0.1, 0.15) is 47.0 Å². The Kier molecular flexibility index (Phi) is 14.8. The summed E-state index contributed by atoms with van der Waals surface area (Å²) in [7, 11) is 0. The maximum Gasteiger partial charge on any atom is -0.00746 e. The van der Waals surface area contributed by atoms with E-state index in [1.165, 1.54) is 19.3 Å². The van der Waals surface area contributed by atoms with Crippen LogP contribution in [0.2, 0.25) is 0 Å². The minimum Gasteiger partial charge on any atom is -0.330 e. The van der Waals surface area contributed by atoms with Crippen molar-refractivity contribution in [2.24, 2.45) is 11.7 Å². The molecule has 0 bridgehead atoms. The lowest BCUT2D eigenvalue weighted by Gasteiger charge is -2.08. The average molecular weight is 145 g/mol. The van der Waals surface area contributed by atoms with Crippen molar-refractivity contribution in [3.8, 4) is 0 Å². The van der Waals surface area contributed by atoms with E-state index in [1.54, 1.807) is 0 Å². The summed E-state index contributed by atoms with van der Waals surface area (Å²) in [4.78, 5) is 0. The third kappa shape index (κ3) is 7.96. The fourth-order valence-corrected chi connectivity index (χ4v) is 0.933. The molecule has 0 aromatic carbocycles. The van der Waals surface area contributed by atoms with Gasteiger partial charge in [0.05, 0.1) is 0 Å². The predicted octanol–water partition coefficient (Wildman–Crippen LogP) is 2.80. The molecule has 0 aliphatic carbocycles. The van der Waals surface area contributed by atoms with Crippen LogP contribution in [0, 0.1) is 5.92 Å². The Bertz CT molecular complexity index is 40.0. The summed E-state index contributed by atoms with van der Waals surface area (Å²) in [5.74, 6) is 0.875. The first-order valence-electron chi connectivity index (χ1n) is 4.55. The molecule has 0 aromatic heterocycles. The fraction of sp³-hybridized carbons (Fsp3) is 1.00. The van der Waals surface area contributed by atoms with Crippen LogP contribution in [0.3, 0.4) is 0 Å². The molecule has 0 spiro atoms. The highest BCUT2D eigenvalue weighted by atomic mass is 14.5. The van der Waals surface area contributed by atoms with E-state index in [-0.39, 0.29) is 0 Å². The molecule has 2 N–H and O–H groups in total. The monoisotopic (exact) mass is 145 g/mol. The van der Waals surface area contributed by atoms with Crippen molar-refractivity contribution in [3.05, 3.63) is 0 Å². The summed E-state index contributed by atoms with van der Waals surface area (Å²) >= 11 is 0. The lowest BCUT2D eigenvalue weighted by Crippen LogP contribution is -2.06. The molecule has 0 amide bonds. The first kappa shape index (κ1) is 12.6. The van der Waals surface area contributed by atoms with Crippen molar-refractivity contribution >= 4 is 0 Å². The van der Waals surface area contributed by atoms with Crippen LogP contribution in [0.25, 0.3) is 0 Å². The van der Waals surface area contributed by atoms with Crippen LogP contribution in [-0.2, 0) is 0 Å². The molecule has 0 radical (unpaired) electrons. The van der Waals surface area contributed by atoms with E-state index in [4.69, 9.17) is 5.73 Å². The van der Waals surface area contributed by atoms with Crippen molar-refractivity contribution in [1.82, 2.24) is 0 Å². The summed E-state index contributed by atoms with van der Waals surface area (Å²) < 4.78 is 0. The first-order chi connectivity index (χ1) is 4.85. The van der Waals surface area contributed by atoms with Gasteiger partial charge >= 0.3 is 0 Å². The lowest BCUT2D eigenvalue weighted by atomic mass is 10.00. The Morgan fingerprint density at radius 2 is 1.50 bits per heavy atom. The SMILES string of the molecule is CC.CCC(CC)CCN. The highest BCUT2D eigenvalue weighted by molar-refractivity contribution is 4.53. The Labute approximate surface area is 66.0 Å². The zero-order chi connectivity index (χ0) is 8.41. The van der Waals surface area contributed by atoms with Gasteiger partial charge in [0.25, 0.3) is 0 Å². The van der Waals surface area contributed by atoms with E-state index in [0.717, 1.165) is 12.5 Å². The van der Waals surface area contributed by atoms with Crippen LogP contribution < -0.4 is 5.73 Å². The third-order valence-corrected chi connectivity index (χ3v) is 1.73. The van der Waals surface area contributed by atoms with E-state index < -0.39 is 0 Å². The minimum atomic E-state index is 0.854. The zero-order valence-corrected chi connectivity index (χ0v) is 7.98. The third-order valence-electron chi connectivity index (χ3n) is 1.73. The summed E-state index contributed by atoms with van der Waals surface area (Å²) in [5.41, 5.74) is 5.38. The van der Waals surface area contributed by atoms with E-state index in [9.17, 15) is 0 Å². The van der Waals surface area contributed by atoms with Gasteiger partial charge in [-0.25, -0.2) is 0 Å². The molecule has 64 valence electrons. The van der Waals surface area contributed by atoms with Crippen LogP contribution in [0.5, 0.6) is 0 Å². The Balaban J connectivity index is 0. The number of rotatable bonds is 4. The Morgan fingerprint density at radius 1 is 1.10 bits per heavy atom. The molecule has 0 unspecified atom stereocenters. The minimum absolute atomic E-state index is 0.854. The van der Waals surface area contributed by atoms with E-state index >= 15 is 0 Å². The van der Waals surface area contributed by atoms with Gasteiger partial charge in [0.1, 0.15) is 0 Å². The highest BCUT2D eigenvalue weighted by Crippen LogP contribution is 2.09. The first-order valence-corrected chi connectivity index (χ1v) is 4.55. The van der Waals surface area contributed by atoms with Gasteiger partial charge in [-0.3, -0.25) is 0 Å². The van der Waals surface area contributed by atoms with Gasteiger partial charge < -0.3 is 5.73 Å². The van der Waals surface area contributed by atoms with Gasteiger partial charge in [0.2, 0.25) is 0 Å². The molecular weight excluding hydrogens is 122 g/mol. The quantitative estimate of drug-likeness (QED) is 0.646. The van der Waals surface area contributed by atoms with Crippen LogP contribution >= 0.6 is 0 Å². The van der Waals surface area contributed by atoms with Gasteiger partial charge in [0, 0.05) is 0 Å². The molecule has 0 heterocycles. The average Bonchev–Trinajstić information content (AvgIpc) is 2.04. The molecule has 0 aromatic rings. The van der Waals surface area contributed by atoms with Crippen molar-refractivity contribution in [2.75, 3.05) is 6.54 Å². The molecule has 10 heavy (non-hydrogen) atoms. The van der Waals surface area contributed by atoms with Gasteiger partial charge in [0.15, 0.2) is 0 Å². The molecule has 0 aliphatic heterocycles. The Hall–Kier alpha value is -0.0400. The second kappa shape index (κ2) is 11.7. The van der Waals surface area contributed by atoms with Crippen molar-refractivity contribution in [3.63, 3.8) is 0 Å². The van der Waals surface area contributed by atoms with Gasteiger partial charge in [-0.1, -0.05) is 40.5 Å². The van der Waals surface area contributed by atoms with Crippen molar-refractivity contribution in [1.29, 1.82) is 0 Å². The largest absolute Gasteiger partial charge is 0.330 e. The maximum absolute atomic E-state index is 5.38. The lowest BCUT2D eigenvalue weighted by molar-refractivity contribution is 0.463. The number of hydrogen-bond acceptors (Lipinski definition) is 1. The highest BCUT2D eigenvalue weighted by Gasteiger charge is 1.98. The predicted molar refractivity (Wildman–Crippen MR) is 49.1 cm³/mol. The summed E-state index contributed by atoms with van der Waals surface area (Å²) in [6, 6.07) is 0. The molecule has 0 rings (SSSR count). The van der Waals surface area contributed by atoms with E-state index in [1.807, 2.05) is 13.8 Å². The maximum atomic E-state index is 5.38. The molecule has 0 aliphatic rings. The van der Waals surface area contributed by atoms with Crippen molar-refractivity contribution in [2.45, 2.75) is 47.0 Å². The molecule has 1 heteroatoms. The fourth-order valence-electron chi connectivity index (χ4n) is 0.933. The second-order valence-corrected chi connectivity index (χ2v) is 2.26. The van der Waals surface area contributed by atoms with E-state index in [0.29, 0.717) is 0 Å². The molecule has 0 saturated carbocycles. The van der Waals surface area contributed by atoms with Crippen LogP contribution in [0.4, 0.5) is 0 Å².